The zero-order valence-electron chi connectivity index (χ0n) is 5.95. The second-order valence-corrected chi connectivity index (χ2v) is 3.93. The molecule has 1 aliphatic heterocycles. The monoisotopic (exact) mass is 167 g/mol. The van der Waals surface area contributed by atoms with Gasteiger partial charge in [0.25, 0.3) is 0 Å². The highest BCUT2D eigenvalue weighted by Crippen LogP contribution is 2.35. The molecule has 58 valence electrons. The largest absolute Gasteiger partial charge is 0.508 e. The van der Waals surface area contributed by atoms with Crippen LogP contribution in [0.3, 0.4) is 0 Å². The number of thioether (sulfide) groups is 1. The second kappa shape index (κ2) is 2.43. The number of benzene rings is 1. The Labute approximate surface area is 69.4 Å². The van der Waals surface area contributed by atoms with Crippen molar-refractivity contribution in [2.45, 2.75) is 16.7 Å². The molecule has 0 aromatic heterocycles. The van der Waals surface area contributed by atoms with Gasteiger partial charge in [-0.3, -0.25) is 0 Å². The van der Waals surface area contributed by atoms with Crippen LogP contribution in [0, 0.1) is 0 Å². The smallest absolute Gasteiger partial charge is 0.115 e. The quantitative estimate of drug-likeness (QED) is 0.612. The third-order valence-corrected chi connectivity index (χ3v) is 2.87. The normalized spacial score (nSPS) is 21.7. The number of fused-ring (bicyclic) bond motifs is 1. The topological polar surface area (TPSA) is 46.2 Å². The van der Waals surface area contributed by atoms with Crippen molar-refractivity contribution >= 4 is 11.8 Å². The van der Waals surface area contributed by atoms with Crippen LogP contribution in [0.15, 0.2) is 23.1 Å². The summed E-state index contributed by atoms with van der Waals surface area (Å²) in [6, 6.07) is 5.40. The van der Waals surface area contributed by atoms with Gasteiger partial charge >= 0.3 is 0 Å². The van der Waals surface area contributed by atoms with Gasteiger partial charge < -0.3 is 10.8 Å². The number of hydrogen-bond acceptors (Lipinski definition) is 3. The van der Waals surface area contributed by atoms with Crippen molar-refractivity contribution < 1.29 is 5.11 Å². The molecule has 1 heterocycles. The van der Waals surface area contributed by atoms with Gasteiger partial charge in [0, 0.05) is 4.90 Å². The van der Waals surface area contributed by atoms with E-state index >= 15 is 0 Å². The van der Waals surface area contributed by atoms with Gasteiger partial charge in [-0.05, 0) is 30.2 Å². The van der Waals surface area contributed by atoms with Crippen LogP contribution < -0.4 is 5.73 Å². The van der Waals surface area contributed by atoms with Crippen molar-refractivity contribution in [3.05, 3.63) is 23.8 Å². The van der Waals surface area contributed by atoms with E-state index in [1.165, 1.54) is 10.5 Å². The minimum Gasteiger partial charge on any atom is -0.508 e. The highest BCUT2D eigenvalue weighted by Gasteiger charge is 2.18. The summed E-state index contributed by atoms with van der Waals surface area (Å²) in [4.78, 5) is 1.20. The van der Waals surface area contributed by atoms with Crippen molar-refractivity contribution in [3.63, 3.8) is 0 Å². The van der Waals surface area contributed by atoms with Crippen molar-refractivity contribution in [3.8, 4) is 5.75 Å². The number of hydrogen-bond donors (Lipinski definition) is 2. The first-order valence-corrected chi connectivity index (χ1v) is 4.38. The predicted octanol–water partition coefficient (Wildman–Crippen LogP) is 1.33. The average molecular weight is 167 g/mol. The van der Waals surface area contributed by atoms with Crippen LogP contribution in [-0.4, -0.2) is 10.5 Å². The fourth-order valence-corrected chi connectivity index (χ4v) is 2.29. The summed E-state index contributed by atoms with van der Waals surface area (Å²) in [6.07, 6.45) is 0.869. The van der Waals surface area contributed by atoms with E-state index in [1.54, 1.807) is 23.9 Å². The van der Waals surface area contributed by atoms with Crippen molar-refractivity contribution in [1.29, 1.82) is 0 Å². The molecule has 0 spiro atoms. The minimum absolute atomic E-state index is 0.173. The lowest BCUT2D eigenvalue weighted by atomic mass is 10.1. The van der Waals surface area contributed by atoms with Gasteiger partial charge in [-0.1, -0.05) is 0 Å². The molecule has 2 nitrogen and oxygen atoms in total. The van der Waals surface area contributed by atoms with Crippen molar-refractivity contribution in [1.82, 2.24) is 0 Å². The first kappa shape index (κ1) is 7.00. The molecule has 1 aliphatic rings. The molecule has 0 saturated carbocycles. The van der Waals surface area contributed by atoms with Crippen LogP contribution in [0.2, 0.25) is 0 Å². The predicted molar refractivity (Wildman–Crippen MR) is 45.6 cm³/mol. The summed E-state index contributed by atoms with van der Waals surface area (Å²) in [5.41, 5.74) is 6.89. The van der Waals surface area contributed by atoms with E-state index in [0.29, 0.717) is 5.75 Å². The summed E-state index contributed by atoms with van der Waals surface area (Å²) in [5, 5.41) is 9.31. The van der Waals surface area contributed by atoms with Gasteiger partial charge in [0.1, 0.15) is 5.75 Å². The molecule has 1 aromatic rings. The Morgan fingerprint density at radius 1 is 1.55 bits per heavy atom. The van der Waals surface area contributed by atoms with E-state index in [0.717, 1.165) is 6.42 Å². The lowest BCUT2D eigenvalue weighted by molar-refractivity contribution is 0.474. The summed E-state index contributed by atoms with van der Waals surface area (Å²) in [5.74, 6) is 0.332. The lowest BCUT2D eigenvalue weighted by Crippen LogP contribution is -2.12. The van der Waals surface area contributed by atoms with E-state index < -0.39 is 0 Å². The van der Waals surface area contributed by atoms with Crippen LogP contribution in [-0.2, 0) is 6.42 Å². The fourth-order valence-electron chi connectivity index (χ4n) is 1.26. The molecule has 0 fully saturated rings. The minimum atomic E-state index is 0.173. The first-order chi connectivity index (χ1) is 5.25. The zero-order valence-corrected chi connectivity index (χ0v) is 6.77. The van der Waals surface area contributed by atoms with Crippen LogP contribution >= 0.6 is 11.8 Å². The summed E-state index contributed by atoms with van der Waals surface area (Å²) < 4.78 is 0. The fraction of sp³-hybridized carbons (Fsp3) is 0.250. The highest BCUT2D eigenvalue weighted by molar-refractivity contribution is 8.00. The molecule has 1 unspecified atom stereocenters. The zero-order chi connectivity index (χ0) is 7.84. The Hall–Kier alpha value is -0.670. The Balaban J connectivity index is 2.43. The van der Waals surface area contributed by atoms with E-state index in [9.17, 15) is 0 Å². The summed E-state index contributed by atoms with van der Waals surface area (Å²) in [6.45, 7) is 0. The molecule has 0 bridgehead atoms. The molecular formula is C8H9NOS. The van der Waals surface area contributed by atoms with E-state index in [1.807, 2.05) is 6.07 Å². The van der Waals surface area contributed by atoms with Gasteiger partial charge in [0.15, 0.2) is 0 Å². The van der Waals surface area contributed by atoms with Crippen molar-refractivity contribution in [2.24, 2.45) is 5.73 Å². The highest BCUT2D eigenvalue weighted by atomic mass is 32.2. The molecule has 1 aromatic carbocycles. The molecule has 1 atom stereocenters. The van der Waals surface area contributed by atoms with Gasteiger partial charge in [-0.2, -0.15) is 0 Å². The molecular weight excluding hydrogens is 158 g/mol. The van der Waals surface area contributed by atoms with Crippen LogP contribution in [0.25, 0.3) is 0 Å². The Bertz CT molecular complexity index is 287. The number of phenols is 1. The van der Waals surface area contributed by atoms with E-state index in [4.69, 9.17) is 10.8 Å². The van der Waals surface area contributed by atoms with Gasteiger partial charge in [0.05, 0.1) is 5.37 Å². The molecule has 3 heteroatoms. The molecule has 3 N–H and O–H groups in total. The van der Waals surface area contributed by atoms with Gasteiger partial charge in [-0.15, -0.1) is 11.8 Å². The molecule has 11 heavy (non-hydrogen) atoms. The van der Waals surface area contributed by atoms with Crippen LogP contribution in [0.1, 0.15) is 5.56 Å². The summed E-state index contributed by atoms with van der Waals surface area (Å²) in [7, 11) is 0. The maximum Gasteiger partial charge on any atom is 0.115 e. The average Bonchev–Trinajstić information content (AvgIpc) is 2.27. The van der Waals surface area contributed by atoms with Crippen LogP contribution in [0.4, 0.5) is 0 Å². The third kappa shape index (κ3) is 1.21. The Morgan fingerprint density at radius 2 is 2.36 bits per heavy atom. The van der Waals surface area contributed by atoms with Gasteiger partial charge in [0.2, 0.25) is 0 Å². The van der Waals surface area contributed by atoms with Crippen LogP contribution in [0.5, 0.6) is 5.75 Å². The molecule has 0 aliphatic carbocycles. The second-order valence-electron chi connectivity index (χ2n) is 2.65. The first-order valence-electron chi connectivity index (χ1n) is 3.50. The standard InChI is InChI=1S/C8H9NOS/c9-8-4-5-3-6(10)1-2-7(5)11-8/h1-3,8,10H,4,9H2. The number of aromatic hydroxyl groups is 1. The number of phenolic OH excluding ortho intramolecular Hbond substituents is 1. The SMILES string of the molecule is NC1Cc2cc(O)ccc2S1. The molecule has 0 amide bonds. The lowest BCUT2D eigenvalue weighted by Gasteiger charge is -1.96. The Morgan fingerprint density at radius 3 is 3.18 bits per heavy atom. The number of rotatable bonds is 0. The Kier molecular flexibility index (Phi) is 1.55. The molecule has 0 radical (unpaired) electrons. The maximum absolute atomic E-state index is 9.13. The molecule has 2 rings (SSSR count). The van der Waals surface area contributed by atoms with Crippen molar-refractivity contribution in [2.75, 3.05) is 0 Å². The third-order valence-electron chi connectivity index (χ3n) is 1.74. The number of nitrogens with two attached hydrogens (primary N) is 1. The molecule has 0 saturated heterocycles. The van der Waals surface area contributed by atoms with Gasteiger partial charge in [-0.25, -0.2) is 0 Å². The maximum atomic E-state index is 9.13. The van der Waals surface area contributed by atoms with E-state index in [2.05, 4.69) is 0 Å². The van der Waals surface area contributed by atoms with E-state index in [-0.39, 0.29) is 5.37 Å². The summed E-state index contributed by atoms with van der Waals surface area (Å²) >= 11 is 1.67.